The molecule has 8 nitrogen and oxygen atoms in total. The van der Waals surface area contributed by atoms with Gasteiger partial charge in [-0.2, -0.15) is 5.10 Å². The van der Waals surface area contributed by atoms with Gasteiger partial charge < -0.3 is 19.5 Å². The van der Waals surface area contributed by atoms with Crippen molar-refractivity contribution in [1.82, 2.24) is 5.43 Å². The Balaban J connectivity index is 1.89. The normalized spacial score (nSPS) is 10.6. The third-order valence-electron chi connectivity index (χ3n) is 4.34. The second-order valence-corrected chi connectivity index (χ2v) is 6.62. The van der Waals surface area contributed by atoms with Crippen molar-refractivity contribution in [2.45, 2.75) is 26.7 Å². The lowest BCUT2D eigenvalue weighted by Gasteiger charge is -2.12. The number of amides is 2. The molecule has 0 saturated heterocycles. The molecular formula is C22H27N3O5. The molecule has 2 amide bonds. The predicted octanol–water partition coefficient (Wildman–Crippen LogP) is 3.20. The maximum absolute atomic E-state index is 12.1. The van der Waals surface area contributed by atoms with Crippen LogP contribution in [0.1, 0.15) is 29.5 Å². The molecule has 0 heterocycles. The number of nitrogens with zero attached hydrogens (tertiary/aromatic N) is 1. The van der Waals surface area contributed by atoms with Crippen molar-refractivity contribution in [2.75, 3.05) is 26.6 Å². The zero-order valence-corrected chi connectivity index (χ0v) is 17.9. The Morgan fingerprint density at radius 3 is 2.17 bits per heavy atom. The molecule has 0 aliphatic heterocycles. The Hall–Kier alpha value is -3.55. The van der Waals surface area contributed by atoms with Crippen LogP contribution in [-0.2, 0) is 9.59 Å². The number of aryl methyl sites for hydroxylation is 2. The molecule has 2 aromatic rings. The zero-order chi connectivity index (χ0) is 22.1. The smallest absolute Gasteiger partial charge is 0.240 e. The zero-order valence-electron chi connectivity index (χ0n) is 17.9. The molecule has 0 spiro atoms. The minimum absolute atomic E-state index is 0.0172. The Kier molecular flexibility index (Phi) is 8.22. The summed E-state index contributed by atoms with van der Waals surface area (Å²) in [6.45, 7) is 3.87. The van der Waals surface area contributed by atoms with Gasteiger partial charge in [0.1, 0.15) is 0 Å². The van der Waals surface area contributed by atoms with E-state index in [2.05, 4.69) is 15.8 Å². The van der Waals surface area contributed by atoms with Crippen molar-refractivity contribution in [3.63, 3.8) is 0 Å². The summed E-state index contributed by atoms with van der Waals surface area (Å²) in [6, 6.07) is 9.22. The summed E-state index contributed by atoms with van der Waals surface area (Å²) in [5.74, 6) is 0.832. The van der Waals surface area contributed by atoms with Crippen LogP contribution >= 0.6 is 0 Å². The first-order valence-electron chi connectivity index (χ1n) is 9.37. The van der Waals surface area contributed by atoms with Crippen LogP contribution in [0, 0.1) is 13.8 Å². The van der Waals surface area contributed by atoms with Gasteiger partial charge in [-0.1, -0.05) is 12.1 Å². The van der Waals surface area contributed by atoms with E-state index in [9.17, 15) is 9.59 Å². The number of methoxy groups -OCH3 is 3. The molecule has 0 unspecified atom stereocenters. The molecule has 30 heavy (non-hydrogen) atoms. The molecule has 8 heteroatoms. The number of carbonyl (C=O) groups is 2. The highest BCUT2D eigenvalue weighted by Gasteiger charge is 2.12. The first kappa shape index (κ1) is 22.7. The third kappa shape index (κ3) is 6.23. The molecular weight excluding hydrogens is 386 g/mol. The summed E-state index contributed by atoms with van der Waals surface area (Å²) < 4.78 is 15.8. The fraction of sp³-hybridized carbons (Fsp3) is 0.318. The molecule has 2 aromatic carbocycles. The van der Waals surface area contributed by atoms with Gasteiger partial charge in [0.05, 0.1) is 27.5 Å². The second kappa shape index (κ2) is 10.8. The molecule has 2 rings (SSSR count). The monoisotopic (exact) mass is 413 g/mol. The minimum atomic E-state index is -0.366. The Morgan fingerprint density at radius 1 is 0.933 bits per heavy atom. The summed E-state index contributed by atoms with van der Waals surface area (Å²) in [4.78, 5) is 24.1. The summed E-state index contributed by atoms with van der Waals surface area (Å²) in [6.07, 6.45) is 1.53. The molecule has 0 radical (unpaired) electrons. The van der Waals surface area contributed by atoms with Crippen LogP contribution in [0.2, 0.25) is 0 Å². The van der Waals surface area contributed by atoms with Crippen LogP contribution in [0.15, 0.2) is 35.4 Å². The third-order valence-corrected chi connectivity index (χ3v) is 4.34. The average Bonchev–Trinajstić information content (AvgIpc) is 2.74. The van der Waals surface area contributed by atoms with Gasteiger partial charge in [-0.15, -0.1) is 0 Å². The number of benzene rings is 2. The first-order valence-corrected chi connectivity index (χ1v) is 9.37. The minimum Gasteiger partial charge on any atom is -0.493 e. The van der Waals surface area contributed by atoms with Crippen molar-refractivity contribution in [1.29, 1.82) is 0 Å². The Labute approximate surface area is 176 Å². The molecule has 0 bridgehead atoms. The lowest BCUT2D eigenvalue weighted by Crippen LogP contribution is -2.21. The molecule has 0 atom stereocenters. The number of anilines is 1. The Bertz CT molecular complexity index is 915. The van der Waals surface area contributed by atoms with Gasteiger partial charge in [0.15, 0.2) is 11.5 Å². The van der Waals surface area contributed by atoms with E-state index in [4.69, 9.17) is 14.2 Å². The standard InChI is InChI=1S/C22H27N3O5/c1-14-6-7-15(2)17(10-14)24-20(26)8-9-21(27)25-23-13-16-11-18(28-3)22(30-5)19(12-16)29-4/h6-7,10-13H,8-9H2,1-5H3,(H,24,26)(H,25,27)/b23-13+. The summed E-state index contributed by atoms with van der Waals surface area (Å²) in [5, 5.41) is 6.75. The number of ether oxygens (including phenoxy) is 3. The van der Waals surface area contributed by atoms with E-state index in [0.29, 0.717) is 22.8 Å². The number of hydrogen-bond donors (Lipinski definition) is 2. The summed E-state index contributed by atoms with van der Waals surface area (Å²) in [5.41, 5.74) is 5.83. The van der Waals surface area contributed by atoms with Crippen molar-refractivity contribution in [3.05, 3.63) is 47.0 Å². The lowest BCUT2D eigenvalue weighted by molar-refractivity contribution is -0.124. The van der Waals surface area contributed by atoms with Crippen molar-refractivity contribution >= 4 is 23.7 Å². The fourth-order valence-electron chi connectivity index (χ4n) is 2.72. The van der Waals surface area contributed by atoms with Crippen LogP contribution < -0.4 is 25.0 Å². The van der Waals surface area contributed by atoms with Gasteiger partial charge in [-0.05, 0) is 43.2 Å². The molecule has 160 valence electrons. The first-order chi connectivity index (χ1) is 14.4. The van der Waals surface area contributed by atoms with Gasteiger partial charge >= 0.3 is 0 Å². The van der Waals surface area contributed by atoms with E-state index in [-0.39, 0.29) is 24.7 Å². The van der Waals surface area contributed by atoms with E-state index >= 15 is 0 Å². The van der Waals surface area contributed by atoms with E-state index in [1.54, 1.807) is 12.1 Å². The largest absolute Gasteiger partial charge is 0.493 e. The van der Waals surface area contributed by atoms with Crippen LogP contribution in [0.3, 0.4) is 0 Å². The second-order valence-electron chi connectivity index (χ2n) is 6.62. The van der Waals surface area contributed by atoms with E-state index in [1.165, 1.54) is 27.5 Å². The molecule has 2 N–H and O–H groups in total. The Morgan fingerprint density at radius 2 is 1.57 bits per heavy atom. The summed E-state index contributed by atoms with van der Waals surface area (Å²) in [7, 11) is 4.55. The van der Waals surface area contributed by atoms with Gasteiger partial charge in [0, 0.05) is 24.1 Å². The lowest BCUT2D eigenvalue weighted by atomic mass is 10.1. The van der Waals surface area contributed by atoms with Crippen LogP contribution in [0.25, 0.3) is 0 Å². The van der Waals surface area contributed by atoms with Crippen molar-refractivity contribution in [3.8, 4) is 17.2 Å². The number of hydrogen-bond acceptors (Lipinski definition) is 6. The molecule has 0 fully saturated rings. The number of carbonyl (C=O) groups excluding carboxylic acids is 2. The topological polar surface area (TPSA) is 98.2 Å². The average molecular weight is 413 g/mol. The number of nitrogens with one attached hydrogen (secondary N) is 2. The van der Waals surface area contributed by atoms with E-state index in [0.717, 1.165) is 16.8 Å². The van der Waals surface area contributed by atoms with Crippen LogP contribution in [-0.4, -0.2) is 39.4 Å². The van der Waals surface area contributed by atoms with E-state index < -0.39 is 0 Å². The molecule has 0 aliphatic rings. The maximum atomic E-state index is 12.1. The predicted molar refractivity (Wildman–Crippen MR) is 116 cm³/mol. The highest BCUT2D eigenvalue weighted by atomic mass is 16.5. The quantitative estimate of drug-likeness (QED) is 0.486. The molecule has 0 aromatic heterocycles. The number of hydrazone groups is 1. The summed E-state index contributed by atoms with van der Waals surface area (Å²) >= 11 is 0. The van der Waals surface area contributed by atoms with Gasteiger partial charge in [-0.25, -0.2) is 5.43 Å². The number of rotatable bonds is 9. The van der Waals surface area contributed by atoms with Crippen LogP contribution in [0.5, 0.6) is 17.2 Å². The molecule has 0 aliphatic carbocycles. The van der Waals surface area contributed by atoms with Crippen molar-refractivity contribution in [2.24, 2.45) is 5.10 Å². The maximum Gasteiger partial charge on any atom is 0.240 e. The fourth-order valence-corrected chi connectivity index (χ4v) is 2.72. The van der Waals surface area contributed by atoms with Gasteiger partial charge in [0.2, 0.25) is 17.6 Å². The van der Waals surface area contributed by atoms with Crippen LogP contribution in [0.4, 0.5) is 5.69 Å². The SMILES string of the molecule is COc1cc(/C=N/NC(=O)CCC(=O)Nc2cc(C)ccc2C)cc(OC)c1OC. The van der Waals surface area contributed by atoms with Gasteiger partial charge in [-0.3, -0.25) is 9.59 Å². The van der Waals surface area contributed by atoms with Gasteiger partial charge in [0.25, 0.3) is 0 Å². The molecule has 0 saturated carbocycles. The highest BCUT2D eigenvalue weighted by molar-refractivity contribution is 5.94. The van der Waals surface area contributed by atoms with E-state index in [1.807, 2.05) is 32.0 Å². The highest BCUT2D eigenvalue weighted by Crippen LogP contribution is 2.37. The van der Waals surface area contributed by atoms with Crippen molar-refractivity contribution < 1.29 is 23.8 Å².